The van der Waals surface area contributed by atoms with Crippen LogP contribution in [0, 0.1) is 0 Å². The Bertz CT molecular complexity index is 916. The molecule has 2 aromatic carbocycles. The van der Waals surface area contributed by atoms with Crippen molar-refractivity contribution >= 4 is 22.1 Å². The first-order valence-electron chi connectivity index (χ1n) is 6.54. The van der Waals surface area contributed by atoms with Crippen LogP contribution in [0.25, 0.3) is 27.7 Å². The minimum Gasteiger partial charge on any atom is -0.398 e. The standard InChI is InChI=1S/C17H13N3/c18-13-8-9-17-19-16(11-20(17)10-13)15-7-3-5-12-4-1-2-6-14(12)15/h1-11H,18H2. The molecule has 0 aliphatic carbocycles. The number of fused-ring (bicyclic) bond motifs is 2. The molecule has 4 aromatic rings. The Morgan fingerprint density at radius 1 is 0.850 bits per heavy atom. The largest absolute Gasteiger partial charge is 0.398 e. The highest BCUT2D eigenvalue weighted by atomic mass is 15.0. The van der Waals surface area contributed by atoms with E-state index in [0.29, 0.717) is 0 Å². The van der Waals surface area contributed by atoms with Crippen LogP contribution in [0.15, 0.2) is 67.0 Å². The van der Waals surface area contributed by atoms with Gasteiger partial charge >= 0.3 is 0 Å². The Morgan fingerprint density at radius 2 is 1.70 bits per heavy atom. The fourth-order valence-electron chi connectivity index (χ4n) is 2.59. The summed E-state index contributed by atoms with van der Waals surface area (Å²) in [6.45, 7) is 0. The molecule has 0 aliphatic rings. The third-order valence-electron chi connectivity index (χ3n) is 3.54. The number of hydrogen-bond donors (Lipinski definition) is 1. The summed E-state index contributed by atoms with van der Waals surface area (Å²) in [7, 11) is 0. The summed E-state index contributed by atoms with van der Waals surface area (Å²) < 4.78 is 1.96. The van der Waals surface area contributed by atoms with Crippen molar-refractivity contribution in [2.45, 2.75) is 0 Å². The second kappa shape index (κ2) is 4.10. The van der Waals surface area contributed by atoms with E-state index >= 15 is 0 Å². The van der Waals surface area contributed by atoms with Crippen LogP contribution in [0.1, 0.15) is 0 Å². The molecule has 2 N–H and O–H groups in total. The molecule has 0 bridgehead atoms. The topological polar surface area (TPSA) is 43.3 Å². The van der Waals surface area contributed by atoms with Crippen molar-refractivity contribution in [3.63, 3.8) is 0 Å². The average Bonchev–Trinajstić information content (AvgIpc) is 2.89. The van der Waals surface area contributed by atoms with Crippen LogP contribution >= 0.6 is 0 Å². The van der Waals surface area contributed by atoms with E-state index in [1.807, 2.05) is 28.9 Å². The van der Waals surface area contributed by atoms with Crippen LogP contribution in [-0.4, -0.2) is 9.38 Å². The Balaban J connectivity index is 2.01. The highest BCUT2D eigenvalue weighted by molar-refractivity contribution is 5.96. The lowest BCUT2D eigenvalue weighted by molar-refractivity contribution is 1.19. The number of rotatable bonds is 1. The first-order chi connectivity index (χ1) is 9.81. The number of aromatic nitrogens is 2. The van der Waals surface area contributed by atoms with Gasteiger partial charge in [-0.25, -0.2) is 4.98 Å². The van der Waals surface area contributed by atoms with E-state index in [4.69, 9.17) is 5.73 Å². The van der Waals surface area contributed by atoms with Gasteiger partial charge in [0.1, 0.15) is 5.65 Å². The molecule has 0 saturated heterocycles. The Morgan fingerprint density at radius 3 is 2.65 bits per heavy atom. The van der Waals surface area contributed by atoms with Gasteiger partial charge in [0.2, 0.25) is 0 Å². The van der Waals surface area contributed by atoms with Gasteiger partial charge in [0.15, 0.2) is 0 Å². The van der Waals surface area contributed by atoms with Gasteiger partial charge in [-0.15, -0.1) is 0 Å². The Labute approximate surface area is 116 Å². The third-order valence-corrected chi connectivity index (χ3v) is 3.54. The normalized spacial score (nSPS) is 11.2. The maximum absolute atomic E-state index is 5.81. The molecule has 0 atom stereocenters. The number of nitrogens with two attached hydrogens (primary N) is 1. The second-order valence-corrected chi connectivity index (χ2v) is 4.88. The van der Waals surface area contributed by atoms with Gasteiger partial charge < -0.3 is 10.1 Å². The summed E-state index contributed by atoms with van der Waals surface area (Å²) in [6, 6.07) is 18.4. The van der Waals surface area contributed by atoms with Crippen LogP contribution in [0.2, 0.25) is 0 Å². The molecule has 4 rings (SSSR count). The minimum atomic E-state index is 0.736. The van der Waals surface area contributed by atoms with Gasteiger partial charge in [0, 0.05) is 23.6 Å². The van der Waals surface area contributed by atoms with Crippen molar-refractivity contribution in [2.24, 2.45) is 0 Å². The van der Waals surface area contributed by atoms with E-state index in [-0.39, 0.29) is 0 Å². The van der Waals surface area contributed by atoms with Crippen LogP contribution in [0.5, 0.6) is 0 Å². The Hall–Kier alpha value is -2.81. The van der Waals surface area contributed by atoms with Crippen molar-refractivity contribution in [3.8, 4) is 11.3 Å². The fourth-order valence-corrected chi connectivity index (χ4v) is 2.59. The summed E-state index contributed by atoms with van der Waals surface area (Å²) in [6.07, 6.45) is 3.91. The molecule has 96 valence electrons. The number of nitrogens with zero attached hydrogens (tertiary/aromatic N) is 2. The lowest BCUT2D eigenvalue weighted by atomic mass is 10.0. The minimum absolute atomic E-state index is 0.736. The summed E-state index contributed by atoms with van der Waals surface area (Å²) in [5.74, 6) is 0. The first-order valence-corrected chi connectivity index (χ1v) is 6.54. The smallest absolute Gasteiger partial charge is 0.137 e. The third kappa shape index (κ3) is 1.64. The predicted molar refractivity (Wildman–Crippen MR) is 82.5 cm³/mol. The molecule has 0 unspecified atom stereocenters. The molecule has 0 amide bonds. The van der Waals surface area contributed by atoms with Gasteiger partial charge in [0.25, 0.3) is 0 Å². The van der Waals surface area contributed by atoms with Crippen molar-refractivity contribution in [1.82, 2.24) is 9.38 Å². The highest BCUT2D eigenvalue weighted by Crippen LogP contribution is 2.28. The Kier molecular flexibility index (Phi) is 2.27. The summed E-state index contributed by atoms with van der Waals surface area (Å²) >= 11 is 0. The number of imidazole rings is 1. The predicted octanol–water partition coefficient (Wildman–Crippen LogP) is 3.74. The summed E-state index contributed by atoms with van der Waals surface area (Å²) in [5.41, 5.74) is 9.56. The van der Waals surface area contributed by atoms with Crippen molar-refractivity contribution in [1.29, 1.82) is 0 Å². The molecule has 0 radical (unpaired) electrons. The van der Waals surface area contributed by atoms with E-state index in [0.717, 1.165) is 22.6 Å². The molecule has 20 heavy (non-hydrogen) atoms. The van der Waals surface area contributed by atoms with Gasteiger partial charge in [-0.2, -0.15) is 0 Å². The van der Waals surface area contributed by atoms with Gasteiger partial charge in [-0.05, 0) is 22.9 Å². The molecule has 0 spiro atoms. The number of nitrogen functional groups attached to an aromatic ring is 1. The number of hydrogen-bond acceptors (Lipinski definition) is 2. The highest BCUT2D eigenvalue weighted by Gasteiger charge is 2.07. The van der Waals surface area contributed by atoms with Crippen LogP contribution in [-0.2, 0) is 0 Å². The number of pyridine rings is 1. The molecule has 3 nitrogen and oxygen atoms in total. The SMILES string of the molecule is Nc1ccc2nc(-c3cccc4ccccc34)cn2c1. The maximum Gasteiger partial charge on any atom is 0.137 e. The average molecular weight is 259 g/mol. The quantitative estimate of drug-likeness (QED) is 0.566. The molecular formula is C17H13N3. The fraction of sp³-hybridized carbons (Fsp3) is 0. The molecular weight excluding hydrogens is 246 g/mol. The van der Waals surface area contributed by atoms with E-state index in [1.165, 1.54) is 10.8 Å². The van der Waals surface area contributed by atoms with Crippen molar-refractivity contribution in [3.05, 3.63) is 67.0 Å². The van der Waals surface area contributed by atoms with Gasteiger partial charge in [-0.1, -0.05) is 42.5 Å². The van der Waals surface area contributed by atoms with Crippen LogP contribution in [0.4, 0.5) is 5.69 Å². The van der Waals surface area contributed by atoms with E-state index in [2.05, 4.69) is 47.4 Å². The zero-order valence-corrected chi connectivity index (χ0v) is 10.8. The number of anilines is 1. The van der Waals surface area contributed by atoms with Crippen molar-refractivity contribution in [2.75, 3.05) is 5.73 Å². The van der Waals surface area contributed by atoms with Gasteiger partial charge in [0.05, 0.1) is 5.69 Å². The molecule has 3 heteroatoms. The molecule has 0 aliphatic heterocycles. The zero-order chi connectivity index (χ0) is 13.5. The summed E-state index contributed by atoms with van der Waals surface area (Å²) in [4.78, 5) is 4.68. The molecule has 2 heterocycles. The van der Waals surface area contributed by atoms with Crippen LogP contribution in [0.3, 0.4) is 0 Å². The van der Waals surface area contributed by atoms with Crippen molar-refractivity contribution < 1.29 is 0 Å². The molecule has 2 aromatic heterocycles. The molecule has 0 fully saturated rings. The summed E-state index contributed by atoms with van der Waals surface area (Å²) in [5, 5.41) is 2.44. The second-order valence-electron chi connectivity index (χ2n) is 4.88. The van der Waals surface area contributed by atoms with E-state index in [9.17, 15) is 0 Å². The lowest BCUT2D eigenvalue weighted by Crippen LogP contribution is -1.88. The first kappa shape index (κ1) is 11.1. The zero-order valence-electron chi connectivity index (χ0n) is 10.8. The lowest BCUT2D eigenvalue weighted by Gasteiger charge is -2.02. The van der Waals surface area contributed by atoms with E-state index < -0.39 is 0 Å². The monoisotopic (exact) mass is 259 g/mol. The van der Waals surface area contributed by atoms with Gasteiger partial charge in [-0.3, -0.25) is 0 Å². The number of benzene rings is 2. The molecule has 0 saturated carbocycles. The van der Waals surface area contributed by atoms with Crippen LogP contribution < -0.4 is 5.73 Å². The van der Waals surface area contributed by atoms with E-state index in [1.54, 1.807) is 0 Å². The maximum atomic E-state index is 5.81.